The monoisotopic (exact) mass is 1010 g/mol. The Morgan fingerprint density at radius 1 is 0.667 bits per heavy atom. The van der Waals surface area contributed by atoms with Crippen molar-refractivity contribution in [2.75, 3.05) is 25.6 Å². The summed E-state index contributed by atoms with van der Waals surface area (Å²) in [5.41, 5.74) is 12.7. The zero-order chi connectivity index (χ0) is 52.7. The number of thioether (sulfide) groups is 1. The van der Waals surface area contributed by atoms with Gasteiger partial charge >= 0.3 is 0 Å². The quantitative estimate of drug-likeness (QED) is 0.0445. The molecule has 1 fully saturated rings. The minimum Gasteiger partial charge on any atom is -0.370 e. The molecule has 1 saturated heterocycles. The molecule has 0 aromatic heterocycles. The summed E-state index contributed by atoms with van der Waals surface area (Å²) < 4.78 is 0. The topological polar surface area (TPSA) is 293 Å². The Balaban J connectivity index is 1.60. The summed E-state index contributed by atoms with van der Waals surface area (Å²) in [6.45, 7) is 5.81. The number of hydrogen-bond acceptors (Lipinski definition) is 11. The van der Waals surface area contributed by atoms with Crippen LogP contribution in [-0.2, 0) is 62.4 Å². The summed E-state index contributed by atoms with van der Waals surface area (Å²) in [5, 5.41) is 19.5. The number of carbonyl (C=O) groups excluding carboxylic acids is 9. The molecular formula is C52H68N10O9S. The van der Waals surface area contributed by atoms with E-state index < -0.39 is 101 Å². The molecule has 20 heteroatoms. The highest BCUT2D eigenvalue weighted by atomic mass is 32.2. The first-order valence-corrected chi connectivity index (χ1v) is 25.4. The molecule has 0 saturated carbocycles. The highest BCUT2D eigenvalue weighted by Gasteiger charge is 2.36. The van der Waals surface area contributed by atoms with Gasteiger partial charge in [-0.1, -0.05) is 80.6 Å². The molecule has 8 atom stereocenters. The maximum Gasteiger partial charge on any atom is 0.245 e. The smallest absolute Gasteiger partial charge is 0.245 e. The number of benzene rings is 1. The van der Waals surface area contributed by atoms with Gasteiger partial charge in [0.25, 0.3) is 0 Å². The number of likely N-dealkylation sites (N-methyl/N-ethyl adjacent to an activating group) is 1. The van der Waals surface area contributed by atoms with Crippen molar-refractivity contribution in [3.05, 3.63) is 108 Å². The molecule has 1 aliphatic rings. The van der Waals surface area contributed by atoms with E-state index in [1.54, 1.807) is 66.7 Å². The van der Waals surface area contributed by atoms with Crippen LogP contribution in [0.2, 0.25) is 0 Å². The van der Waals surface area contributed by atoms with Crippen LogP contribution in [-0.4, -0.2) is 132 Å². The Labute approximate surface area is 426 Å². The van der Waals surface area contributed by atoms with Crippen LogP contribution in [0.3, 0.4) is 0 Å². The number of nitrogens with two attached hydrogens (primary N) is 2. The molecule has 386 valence electrons. The third kappa shape index (κ3) is 18.9. The molecule has 0 spiro atoms. The predicted molar refractivity (Wildman–Crippen MR) is 271 cm³/mol. The SMILES string of the molecule is CSCC[C@H](NC(=O)[C@H](CC(C)C)NC(=O)[C@H](C)N(C)C(=O)[C@H](Cc1c#cccc1)NC(=O)[C@H](Cc1ccccc1)NC(=O)[C@H](CCC(N)=O)NC(=O)[C@H](Cc1c#cccc1)NC(=O)[C@@H]1CCCN1)C(N)=O. The number of nitrogens with zero attached hydrogens (tertiary/aromatic N) is 1. The van der Waals surface area contributed by atoms with Crippen molar-refractivity contribution in [2.24, 2.45) is 17.4 Å². The fourth-order valence-electron chi connectivity index (χ4n) is 7.88. The number of nitrogens with one attached hydrogen (secondary N) is 7. The van der Waals surface area contributed by atoms with Crippen molar-refractivity contribution in [1.29, 1.82) is 0 Å². The largest absolute Gasteiger partial charge is 0.370 e. The zero-order valence-corrected chi connectivity index (χ0v) is 42.3. The standard InChI is InChI=1S/C52H68N10O9S/c1-32(2)28-40(49(68)56-37(45(54)64)25-27-72-5)58-46(65)33(3)62(4)52(71)43(31-36-20-13-8-14-21-36)61-51(70)42(30-35-18-11-7-12-19-35)60-48(67)39(23-24-44(53)63)57-50(69)41(29-34-16-9-6-10-17-34)59-47(66)38-22-15-26-55-38/h6-9,11-13,16,18-20,32-33,37-43,55H,15,22-31H2,1-5H3,(H2,53,63)(H2,54,64)(H,56,68)(H,57,69)(H,58,65)(H,59,66)(H,60,67)(H,61,70)/t33-,37-,38-,39-,40-,41-,42-,43-/m0/s1. The van der Waals surface area contributed by atoms with Gasteiger partial charge in [-0.25, -0.2) is 0 Å². The maximum atomic E-state index is 14.6. The first-order valence-electron chi connectivity index (χ1n) is 24.0. The number of primary amides is 2. The van der Waals surface area contributed by atoms with E-state index in [0.29, 0.717) is 35.4 Å². The normalized spacial score (nSPS) is 15.8. The Morgan fingerprint density at radius 3 is 1.75 bits per heavy atom. The summed E-state index contributed by atoms with van der Waals surface area (Å²) >= 11 is 1.48. The van der Waals surface area contributed by atoms with Crippen LogP contribution in [0.1, 0.15) is 76.0 Å². The van der Waals surface area contributed by atoms with E-state index in [0.717, 1.165) is 11.3 Å². The number of hydrogen-bond donors (Lipinski definition) is 9. The highest BCUT2D eigenvalue weighted by molar-refractivity contribution is 7.98. The van der Waals surface area contributed by atoms with Crippen LogP contribution in [0, 0.1) is 30.2 Å². The van der Waals surface area contributed by atoms with Crippen LogP contribution < -0.4 is 48.7 Å². The zero-order valence-electron chi connectivity index (χ0n) is 41.5. The lowest BCUT2D eigenvalue weighted by Gasteiger charge is -2.31. The van der Waals surface area contributed by atoms with E-state index >= 15 is 0 Å². The van der Waals surface area contributed by atoms with Gasteiger partial charge in [0.15, 0.2) is 0 Å². The van der Waals surface area contributed by atoms with Gasteiger partial charge in [0.2, 0.25) is 53.2 Å². The van der Waals surface area contributed by atoms with E-state index in [9.17, 15) is 43.2 Å². The lowest BCUT2D eigenvalue weighted by atomic mass is 10.0. The highest BCUT2D eigenvalue weighted by Crippen LogP contribution is 2.14. The van der Waals surface area contributed by atoms with Gasteiger partial charge in [0.05, 0.1) is 6.04 Å². The van der Waals surface area contributed by atoms with Crippen molar-refractivity contribution in [3.8, 4) is 0 Å². The molecule has 0 radical (unpaired) electrons. The van der Waals surface area contributed by atoms with Gasteiger partial charge < -0.3 is 53.6 Å². The van der Waals surface area contributed by atoms with Crippen molar-refractivity contribution in [3.63, 3.8) is 0 Å². The third-order valence-electron chi connectivity index (χ3n) is 12.0. The van der Waals surface area contributed by atoms with Crippen molar-refractivity contribution in [1.82, 2.24) is 42.1 Å². The summed E-state index contributed by atoms with van der Waals surface area (Å²) in [6.07, 6.45) is 2.89. The van der Waals surface area contributed by atoms with E-state index in [4.69, 9.17) is 11.5 Å². The first kappa shape index (κ1) is 57.4. The molecule has 72 heavy (non-hydrogen) atoms. The lowest BCUT2D eigenvalue weighted by Crippen LogP contribution is -2.60. The van der Waals surface area contributed by atoms with Gasteiger partial charge in [-0.05, 0) is 93.3 Å². The number of carbonyl (C=O) groups is 9. The van der Waals surface area contributed by atoms with Crippen molar-refractivity contribution < 1.29 is 43.2 Å². The first-order chi connectivity index (χ1) is 34.4. The predicted octanol–water partition coefficient (Wildman–Crippen LogP) is -0.0270. The van der Waals surface area contributed by atoms with Gasteiger partial charge in [0, 0.05) is 43.9 Å². The van der Waals surface area contributed by atoms with E-state index in [2.05, 4.69) is 61.5 Å². The molecule has 4 rings (SSSR count). The van der Waals surface area contributed by atoms with Crippen LogP contribution >= 0.6 is 11.8 Å². The molecular weight excluding hydrogens is 941 g/mol. The molecule has 0 bridgehead atoms. The van der Waals surface area contributed by atoms with Crippen LogP contribution in [0.25, 0.3) is 0 Å². The van der Waals surface area contributed by atoms with Crippen LogP contribution in [0.4, 0.5) is 0 Å². The average molecular weight is 1010 g/mol. The molecule has 1 heterocycles. The van der Waals surface area contributed by atoms with E-state index in [-0.39, 0.29) is 50.9 Å². The Kier molecular flexibility index (Phi) is 23.3. The van der Waals surface area contributed by atoms with Crippen molar-refractivity contribution >= 4 is 64.9 Å². The molecule has 9 amide bonds. The Bertz CT molecular complexity index is 2290. The van der Waals surface area contributed by atoms with Gasteiger partial charge in [-0.15, -0.1) is 0 Å². The third-order valence-corrected chi connectivity index (χ3v) is 12.7. The molecule has 19 nitrogen and oxygen atoms in total. The lowest BCUT2D eigenvalue weighted by molar-refractivity contribution is -0.142. The second-order valence-corrected chi connectivity index (χ2v) is 19.2. The average Bonchev–Trinajstić information content (AvgIpc) is 3.91. The molecule has 0 unspecified atom stereocenters. The van der Waals surface area contributed by atoms with E-state index in [1.165, 1.54) is 25.7 Å². The Hall–Kier alpha value is -7.16. The van der Waals surface area contributed by atoms with Crippen LogP contribution in [0.15, 0.2) is 66.7 Å². The number of rotatable bonds is 29. The summed E-state index contributed by atoms with van der Waals surface area (Å²) in [7, 11) is 1.37. The summed E-state index contributed by atoms with van der Waals surface area (Å²) in [4.78, 5) is 124. The fourth-order valence-corrected chi connectivity index (χ4v) is 8.35. The van der Waals surface area contributed by atoms with Crippen LogP contribution in [0.5, 0.6) is 0 Å². The minimum atomic E-state index is -1.43. The number of amides is 9. The van der Waals surface area contributed by atoms with E-state index in [1.807, 2.05) is 20.1 Å². The maximum absolute atomic E-state index is 14.6. The van der Waals surface area contributed by atoms with Gasteiger partial charge in [-0.3, -0.25) is 43.2 Å². The Morgan fingerprint density at radius 2 is 1.21 bits per heavy atom. The summed E-state index contributed by atoms with van der Waals surface area (Å²) in [5.74, 6) is -5.79. The fraction of sp³-hybridized carbons (Fsp3) is 0.481. The molecule has 11 N–H and O–H groups in total. The van der Waals surface area contributed by atoms with Crippen molar-refractivity contribution in [2.45, 2.75) is 127 Å². The molecule has 0 aliphatic carbocycles. The van der Waals surface area contributed by atoms with Gasteiger partial charge in [0.1, 0.15) is 42.3 Å². The second-order valence-electron chi connectivity index (χ2n) is 18.2. The molecule has 3 aromatic rings. The molecule has 1 aliphatic heterocycles. The molecule has 3 aromatic carbocycles. The minimum absolute atomic E-state index is 0.00466. The second kappa shape index (κ2) is 29.2. The van der Waals surface area contributed by atoms with Gasteiger partial charge in [-0.2, -0.15) is 11.8 Å². The summed E-state index contributed by atoms with van der Waals surface area (Å²) in [6, 6.07) is 21.2.